The highest BCUT2D eigenvalue weighted by molar-refractivity contribution is 6.23. The zero-order valence-electron chi connectivity index (χ0n) is 38.9. The van der Waals surface area contributed by atoms with Crippen LogP contribution in [-0.4, -0.2) is 14.4 Å². The fourth-order valence-corrected chi connectivity index (χ4v) is 11.4. The van der Waals surface area contributed by atoms with E-state index in [-0.39, 0.29) is 5.41 Å². The van der Waals surface area contributed by atoms with Gasteiger partial charge in [0.2, 0.25) is 0 Å². The van der Waals surface area contributed by atoms with E-state index in [1.54, 1.807) is 0 Å². The van der Waals surface area contributed by atoms with Gasteiger partial charge in [0.15, 0.2) is 5.82 Å². The minimum atomic E-state index is -0.0181. The molecule has 3 heteroatoms. The third-order valence-corrected chi connectivity index (χ3v) is 14.9. The summed E-state index contributed by atoms with van der Waals surface area (Å²) in [6, 6.07) is 86.1. The largest absolute Gasteiger partial charge is 0.308 e. The number of nitrogens with zero attached hydrogens (tertiary/aromatic N) is 3. The van der Waals surface area contributed by atoms with Crippen LogP contribution >= 0.6 is 0 Å². The Morgan fingerprint density at radius 1 is 0.300 bits per heavy atom. The molecule has 1 aliphatic carbocycles. The summed E-state index contributed by atoms with van der Waals surface area (Å²) in [5, 5.41) is 5.13. The van der Waals surface area contributed by atoms with Crippen molar-refractivity contribution in [3.63, 3.8) is 0 Å². The van der Waals surface area contributed by atoms with E-state index in [0.717, 1.165) is 44.8 Å². The van der Waals surface area contributed by atoms with Gasteiger partial charge in [-0.2, -0.15) is 0 Å². The van der Waals surface area contributed by atoms with Gasteiger partial charge in [-0.15, -0.1) is 0 Å². The summed E-state index contributed by atoms with van der Waals surface area (Å²) in [5.41, 5.74) is 23.5. The van der Waals surface area contributed by atoms with E-state index in [2.05, 4.69) is 243 Å². The summed E-state index contributed by atoms with van der Waals surface area (Å²) in [6.07, 6.45) is 0. The van der Waals surface area contributed by atoms with Crippen LogP contribution in [0.25, 0.3) is 128 Å². The van der Waals surface area contributed by atoms with Gasteiger partial charge in [-0.3, -0.25) is 0 Å². The summed E-state index contributed by atoms with van der Waals surface area (Å²) in [5.74, 6) is 0.701. The van der Waals surface area contributed by atoms with E-state index >= 15 is 0 Å². The molecule has 0 N–H and O–H groups in total. The number of rotatable bonds is 7. The lowest BCUT2D eigenvalue weighted by molar-refractivity contribution is 0.660. The summed E-state index contributed by atoms with van der Waals surface area (Å²) < 4.78 is 2.51. The summed E-state index contributed by atoms with van der Waals surface area (Å²) >= 11 is 0. The average molecular weight is 892 g/mol. The molecule has 0 fully saturated rings. The summed E-state index contributed by atoms with van der Waals surface area (Å²) in [7, 11) is 0. The monoisotopic (exact) mass is 891 g/mol. The maximum Gasteiger partial charge on any atom is 0.160 e. The van der Waals surface area contributed by atoms with Crippen LogP contribution in [0.2, 0.25) is 0 Å². The van der Waals surface area contributed by atoms with Crippen molar-refractivity contribution in [3.8, 4) is 89.5 Å². The Morgan fingerprint density at radius 2 is 0.714 bits per heavy atom. The first kappa shape index (κ1) is 40.2. The van der Waals surface area contributed by atoms with Crippen LogP contribution in [0.3, 0.4) is 0 Å². The second-order valence-electron chi connectivity index (χ2n) is 19.4. The van der Waals surface area contributed by atoms with Crippen molar-refractivity contribution in [3.05, 3.63) is 248 Å². The topological polar surface area (TPSA) is 30.2 Å². The Morgan fingerprint density at radius 3 is 1.27 bits per heavy atom. The Labute approximate surface area is 407 Å². The predicted molar refractivity (Wildman–Crippen MR) is 292 cm³/mol. The minimum Gasteiger partial charge on any atom is -0.308 e. The Bertz CT molecular complexity index is 4140. The highest BCUT2D eigenvalue weighted by Crippen LogP contribution is 2.50. The van der Waals surface area contributed by atoms with Gasteiger partial charge in [-0.1, -0.05) is 208 Å². The molecule has 10 aromatic carbocycles. The first-order chi connectivity index (χ1) is 34.4. The molecular weight excluding hydrogens is 847 g/mol. The zero-order chi connectivity index (χ0) is 46.5. The van der Waals surface area contributed by atoms with Gasteiger partial charge in [0.1, 0.15) is 0 Å². The lowest BCUT2D eigenvalue weighted by Crippen LogP contribution is -2.14. The maximum absolute atomic E-state index is 5.12. The van der Waals surface area contributed by atoms with E-state index in [0.29, 0.717) is 5.82 Å². The lowest BCUT2D eigenvalue weighted by Gasteiger charge is -2.21. The van der Waals surface area contributed by atoms with E-state index in [9.17, 15) is 0 Å². The van der Waals surface area contributed by atoms with Gasteiger partial charge >= 0.3 is 0 Å². The Balaban J connectivity index is 0.827. The molecule has 13 aromatic rings. The Kier molecular flexibility index (Phi) is 8.93. The molecule has 1 aliphatic rings. The van der Waals surface area contributed by atoms with Crippen LogP contribution in [0.5, 0.6) is 0 Å². The molecule has 3 heterocycles. The molecule has 0 bridgehead atoms. The molecule has 3 aromatic heterocycles. The van der Waals surface area contributed by atoms with Crippen molar-refractivity contribution in [2.45, 2.75) is 19.3 Å². The van der Waals surface area contributed by atoms with Crippen LogP contribution < -0.4 is 0 Å². The van der Waals surface area contributed by atoms with Crippen LogP contribution in [-0.2, 0) is 5.41 Å². The molecule has 0 saturated heterocycles. The van der Waals surface area contributed by atoms with Crippen molar-refractivity contribution in [1.29, 1.82) is 0 Å². The molecule has 0 spiro atoms. The number of benzene rings is 10. The molecular formula is C67H45N3. The van der Waals surface area contributed by atoms with E-state index in [1.165, 1.54) is 88.2 Å². The van der Waals surface area contributed by atoms with Crippen LogP contribution in [0, 0.1) is 0 Å². The predicted octanol–water partition coefficient (Wildman–Crippen LogP) is 17.6. The number of hydrogen-bond donors (Lipinski definition) is 0. The van der Waals surface area contributed by atoms with Crippen molar-refractivity contribution >= 4 is 38.1 Å². The van der Waals surface area contributed by atoms with Crippen molar-refractivity contribution in [2.24, 2.45) is 0 Å². The first-order valence-corrected chi connectivity index (χ1v) is 24.2. The van der Waals surface area contributed by atoms with E-state index in [1.807, 2.05) is 12.1 Å². The normalized spacial score (nSPS) is 12.8. The van der Waals surface area contributed by atoms with Crippen LogP contribution in [0.1, 0.15) is 25.0 Å². The molecule has 0 aliphatic heterocycles. The minimum absolute atomic E-state index is 0.0181. The van der Waals surface area contributed by atoms with Crippen molar-refractivity contribution < 1.29 is 0 Å². The van der Waals surface area contributed by atoms with E-state index in [4.69, 9.17) is 9.97 Å². The molecule has 0 unspecified atom stereocenters. The molecule has 0 atom stereocenters. The number of fused-ring (bicyclic) bond motifs is 9. The van der Waals surface area contributed by atoms with E-state index < -0.39 is 0 Å². The number of hydrogen-bond acceptors (Lipinski definition) is 2. The average Bonchev–Trinajstić information content (AvgIpc) is 4.03. The van der Waals surface area contributed by atoms with Crippen LogP contribution in [0.15, 0.2) is 237 Å². The van der Waals surface area contributed by atoms with Gasteiger partial charge in [-0.25, -0.2) is 9.97 Å². The SMILES string of the molecule is CC1(C)c2ccccc2-c2cc(-c3ccc4c5cccc6c7ccc(-c8cccc(-c9cccc(-c%10cccc(-c%11nc(-c%12ccccc%12)cc(-c%12ccccc%12)n%11)c%10)c9)c8)cc7n(c4c3)c65)ccc21. The second kappa shape index (κ2) is 15.6. The van der Waals surface area contributed by atoms with Gasteiger partial charge in [0, 0.05) is 43.7 Å². The first-order valence-electron chi connectivity index (χ1n) is 24.2. The van der Waals surface area contributed by atoms with Crippen molar-refractivity contribution in [2.75, 3.05) is 0 Å². The second-order valence-corrected chi connectivity index (χ2v) is 19.4. The van der Waals surface area contributed by atoms with Gasteiger partial charge in [0.25, 0.3) is 0 Å². The quantitative estimate of drug-likeness (QED) is 0.160. The molecule has 70 heavy (non-hydrogen) atoms. The molecule has 0 saturated carbocycles. The van der Waals surface area contributed by atoms with Crippen LogP contribution in [0.4, 0.5) is 0 Å². The Hall–Kier alpha value is -8.92. The third kappa shape index (κ3) is 6.36. The van der Waals surface area contributed by atoms with Gasteiger partial charge in [0.05, 0.1) is 27.9 Å². The van der Waals surface area contributed by atoms with Gasteiger partial charge < -0.3 is 4.40 Å². The molecule has 0 amide bonds. The molecule has 3 nitrogen and oxygen atoms in total. The number of para-hydroxylation sites is 1. The third-order valence-electron chi connectivity index (χ3n) is 14.9. The summed E-state index contributed by atoms with van der Waals surface area (Å²) in [6.45, 7) is 4.69. The smallest absolute Gasteiger partial charge is 0.160 e. The summed E-state index contributed by atoms with van der Waals surface area (Å²) in [4.78, 5) is 10.2. The van der Waals surface area contributed by atoms with Gasteiger partial charge in [-0.05, 0) is 109 Å². The maximum atomic E-state index is 5.12. The number of aromatic nitrogens is 3. The highest BCUT2D eigenvalue weighted by atomic mass is 14.9. The van der Waals surface area contributed by atoms with Crippen molar-refractivity contribution in [1.82, 2.24) is 14.4 Å². The standard InChI is InChI=1S/C67H45N3/c1-67(2)59-28-10-9-25-53(59)58-38-49(31-34-60(58)67)51-30-33-55-57-27-14-26-56-54-32-29-50(39-63(54)70(65(56)57)64(55)40-51)47-22-12-20-45(36-47)44-19-11-21-46(35-44)48-23-13-24-52(37-48)66-68-61(42-15-5-3-6-16-42)41-62(69-66)43-17-7-4-8-18-43/h3-41H,1-2H3. The molecule has 0 radical (unpaired) electrons. The molecule has 328 valence electrons. The zero-order valence-corrected chi connectivity index (χ0v) is 38.9. The molecule has 14 rings (SSSR count). The fourth-order valence-electron chi connectivity index (χ4n) is 11.4. The fraction of sp³-hybridized carbons (Fsp3) is 0.0448. The highest BCUT2D eigenvalue weighted by Gasteiger charge is 2.35. The lowest BCUT2D eigenvalue weighted by atomic mass is 9.82.